The molecule has 1 aromatic rings. The summed E-state index contributed by atoms with van der Waals surface area (Å²) in [6.07, 6.45) is 2.82. The Morgan fingerprint density at radius 2 is 2.00 bits per heavy atom. The number of unbranched alkanes of at least 4 members (excludes halogenated alkanes) is 2. The van der Waals surface area contributed by atoms with Gasteiger partial charge in [-0.05, 0) is 32.4 Å². The van der Waals surface area contributed by atoms with Gasteiger partial charge in [-0.25, -0.2) is 0 Å². The van der Waals surface area contributed by atoms with Crippen LogP contribution in [0.15, 0.2) is 12.1 Å². The van der Waals surface area contributed by atoms with E-state index in [-0.39, 0.29) is 0 Å². The maximum absolute atomic E-state index is 6.12. The van der Waals surface area contributed by atoms with E-state index in [4.69, 9.17) is 33.7 Å². The monoisotopic (exact) mass is 285 g/mol. The largest absolute Gasteiger partial charge is 0.492 e. The highest BCUT2D eigenvalue weighted by Crippen LogP contribution is 2.30. The van der Waals surface area contributed by atoms with Gasteiger partial charge in [-0.15, -0.1) is 0 Å². The minimum atomic E-state index is 0.535. The molecule has 0 saturated carbocycles. The van der Waals surface area contributed by atoms with Gasteiger partial charge in [0, 0.05) is 18.1 Å². The van der Waals surface area contributed by atoms with Crippen LogP contribution in [0.5, 0.6) is 5.75 Å². The van der Waals surface area contributed by atoms with Crippen molar-refractivity contribution in [2.45, 2.75) is 26.2 Å². The van der Waals surface area contributed by atoms with Gasteiger partial charge in [0.25, 0.3) is 0 Å². The second-order valence-corrected chi connectivity index (χ2v) is 4.56. The lowest BCUT2D eigenvalue weighted by Crippen LogP contribution is -1.97. The minimum absolute atomic E-state index is 0.535. The normalized spacial score (nSPS) is 9.78. The first-order valence-electron chi connectivity index (χ1n) is 5.99. The van der Waals surface area contributed by atoms with Crippen molar-refractivity contribution < 1.29 is 4.74 Å². The molecule has 0 aromatic heterocycles. The van der Waals surface area contributed by atoms with Gasteiger partial charge in [0.2, 0.25) is 0 Å². The number of nitrogens with two attached hydrogens (primary N) is 1. The zero-order valence-corrected chi connectivity index (χ0v) is 11.9. The maximum atomic E-state index is 6.12. The minimum Gasteiger partial charge on any atom is -0.492 e. The lowest BCUT2D eigenvalue weighted by Gasteiger charge is -2.06. The predicted molar refractivity (Wildman–Crippen MR) is 77.4 cm³/mol. The summed E-state index contributed by atoms with van der Waals surface area (Å²) in [5.41, 5.74) is 6.14. The maximum Gasteiger partial charge on any atom is 0.139 e. The van der Waals surface area contributed by atoms with Gasteiger partial charge in [-0.1, -0.05) is 35.0 Å². The smallest absolute Gasteiger partial charge is 0.139 e. The molecular formula is C14H17Cl2NO. The van der Waals surface area contributed by atoms with Crippen LogP contribution in [0.3, 0.4) is 0 Å². The Balaban J connectivity index is 2.74. The van der Waals surface area contributed by atoms with Crippen molar-refractivity contribution in [3.05, 3.63) is 27.7 Å². The number of rotatable bonds is 5. The highest BCUT2D eigenvalue weighted by molar-refractivity contribution is 6.35. The average Bonchev–Trinajstić information content (AvgIpc) is 2.35. The van der Waals surface area contributed by atoms with E-state index in [2.05, 4.69) is 11.8 Å². The second-order valence-electron chi connectivity index (χ2n) is 3.74. The van der Waals surface area contributed by atoms with E-state index >= 15 is 0 Å². The molecule has 0 aliphatic carbocycles. The SMILES string of the molecule is CCOc1cc(Cl)c(C#CCCCCN)cc1Cl. The van der Waals surface area contributed by atoms with Crippen molar-refractivity contribution in [3.63, 3.8) is 0 Å². The summed E-state index contributed by atoms with van der Waals surface area (Å²) < 4.78 is 5.35. The van der Waals surface area contributed by atoms with E-state index in [0.29, 0.717) is 28.9 Å². The first kappa shape index (κ1) is 15.2. The molecule has 2 nitrogen and oxygen atoms in total. The number of halogens is 2. The molecule has 0 amide bonds. The van der Waals surface area contributed by atoms with Crippen molar-refractivity contribution in [1.82, 2.24) is 0 Å². The lowest BCUT2D eigenvalue weighted by molar-refractivity contribution is 0.340. The fourth-order valence-corrected chi connectivity index (χ4v) is 1.83. The van der Waals surface area contributed by atoms with Crippen LogP contribution >= 0.6 is 23.2 Å². The van der Waals surface area contributed by atoms with Crippen molar-refractivity contribution in [2.75, 3.05) is 13.2 Å². The third-order valence-electron chi connectivity index (χ3n) is 2.30. The Kier molecular flexibility index (Phi) is 6.97. The third kappa shape index (κ3) is 4.78. The van der Waals surface area contributed by atoms with E-state index in [0.717, 1.165) is 24.8 Å². The molecule has 1 aromatic carbocycles. The summed E-state index contributed by atoms with van der Waals surface area (Å²) in [6.45, 7) is 3.16. The topological polar surface area (TPSA) is 35.2 Å². The summed E-state index contributed by atoms with van der Waals surface area (Å²) in [7, 11) is 0. The Hall–Kier alpha value is -0.880. The van der Waals surface area contributed by atoms with Gasteiger partial charge in [0.05, 0.1) is 16.7 Å². The molecule has 0 unspecified atom stereocenters. The van der Waals surface area contributed by atoms with Gasteiger partial charge in [0.1, 0.15) is 5.75 Å². The van der Waals surface area contributed by atoms with Crippen LogP contribution in [-0.4, -0.2) is 13.2 Å². The van der Waals surface area contributed by atoms with Gasteiger partial charge in [-0.3, -0.25) is 0 Å². The fourth-order valence-electron chi connectivity index (χ4n) is 1.41. The van der Waals surface area contributed by atoms with E-state index in [9.17, 15) is 0 Å². The van der Waals surface area contributed by atoms with Crippen LogP contribution < -0.4 is 10.5 Å². The zero-order chi connectivity index (χ0) is 13.4. The molecule has 1 rings (SSSR count). The molecule has 0 heterocycles. The standard InChI is InChI=1S/C14H17Cl2NO/c1-2-18-14-10-12(15)11(9-13(14)16)7-5-3-4-6-8-17/h9-10H,2-4,6,8,17H2,1H3. The summed E-state index contributed by atoms with van der Waals surface area (Å²) in [6, 6.07) is 3.45. The molecule has 0 spiro atoms. The van der Waals surface area contributed by atoms with Crippen LogP contribution in [-0.2, 0) is 0 Å². The zero-order valence-electron chi connectivity index (χ0n) is 10.4. The van der Waals surface area contributed by atoms with Crippen LogP contribution in [0.1, 0.15) is 31.7 Å². The highest BCUT2D eigenvalue weighted by atomic mass is 35.5. The first-order chi connectivity index (χ1) is 8.69. The lowest BCUT2D eigenvalue weighted by atomic mass is 10.2. The average molecular weight is 286 g/mol. The molecule has 4 heteroatoms. The fraction of sp³-hybridized carbons (Fsp3) is 0.429. The second kappa shape index (κ2) is 8.26. The molecular weight excluding hydrogens is 269 g/mol. The molecule has 0 aliphatic heterocycles. The van der Waals surface area contributed by atoms with Gasteiger partial charge in [0.15, 0.2) is 0 Å². The van der Waals surface area contributed by atoms with Crippen LogP contribution in [0, 0.1) is 11.8 Å². The number of ether oxygens (including phenoxy) is 1. The Morgan fingerprint density at radius 1 is 1.22 bits per heavy atom. The highest BCUT2D eigenvalue weighted by Gasteiger charge is 2.06. The Morgan fingerprint density at radius 3 is 2.67 bits per heavy atom. The molecule has 0 atom stereocenters. The summed E-state index contributed by atoms with van der Waals surface area (Å²) in [4.78, 5) is 0. The predicted octanol–water partition coefficient (Wildman–Crippen LogP) is 3.87. The molecule has 0 bridgehead atoms. The van der Waals surface area contributed by atoms with E-state index in [1.165, 1.54) is 0 Å². The number of hydrogen-bond donors (Lipinski definition) is 1. The van der Waals surface area contributed by atoms with Crippen molar-refractivity contribution in [1.29, 1.82) is 0 Å². The van der Waals surface area contributed by atoms with E-state index in [1.54, 1.807) is 12.1 Å². The van der Waals surface area contributed by atoms with E-state index < -0.39 is 0 Å². The van der Waals surface area contributed by atoms with Gasteiger partial charge >= 0.3 is 0 Å². The first-order valence-corrected chi connectivity index (χ1v) is 6.75. The van der Waals surface area contributed by atoms with Gasteiger partial charge < -0.3 is 10.5 Å². The van der Waals surface area contributed by atoms with E-state index in [1.807, 2.05) is 6.92 Å². The molecule has 98 valence electrons. The van der Waals surface area contributed by atoms with Crippen molar-refractivity contribution >= 4 is 23.2 Å². The number of benzene rings is 1. The van der Waals surface area contributed by atoms with Crippen LogP contribution in [0.2, 0.25) is 10.0 Å². The molecule has 0 saturated heterocycles. The molecule has 0 fully saturated rings. The summed E-state index contributed by atoms with van der Waals surface area (Å²) in [5.74, 6) is 6.68. The van der Waals surface area contributed by atoms with Crippen molar-refractivity contribution in [2.24, 2.45) is 5.73 Å². The summed E-state index contributed by atoms with van der Waals surface area (Å²) >= 11 is 12.2. The molecule has 2 N–H and O–H groups in total. The molecule has 18 heavy (non-hydrogen) atoms. The Labute approximate surface area is 118 Å². The quantitative estimate of drug-likeness (QED) is 0.658. The molecule has 0 radical (unpaired) electrons. The Bertz CT molecular complexity index is 449. The number of hydrogen-bond acceptors (Lipinski definition) is 2. The van der Waals surface area contributed by atoms with Crippen molar-refractivity contribution in [3.8, 4) is 17.6 Å². The molecule has 0 aliphatic rings. The van der Waals surface area contributed by atoms with Crippen LogP contribution in [0.4, 0.5) is 0 Å². The third-order valence-corrected chi connectivity index (χ3v) is 2.91. The summed E-state index contributed by atoms with van der Waals surface area (Å²) in [5, 5.41) is 1.10. The van der Waals surface area contributed by atoms with Crippen LogP contribution in [0.25, 0.3) is 0 Å². The van der Waals surface area contributed by atoms with Gasteiger partial charge in [-0.2, -0.15) is 0 Å².